The van der Waals surface area contributed by atoms with Gasteiger partial charge in [0.05, 0.1) is 21.7 Å². The topological polar surface area (TPSA) is 91.2 Å². The van der Waals surface area contributed by atoms with Crippen molar-refractivity contribution in [3.63, 3.8) is 0 Å². The highest BCUT2D eigenvalue weighted by molar-refractivity contribution is 7.14. The van der Waals surface area contributed by atoms with Crippen LogP contribution in [0.4, 0.5) is 11.4 Å². The maximum atomic E-state index is 11.4. The molecule has 154 valence electrons. The summed E-state index contributed by atoms with van der Waals surface area (Å²) in [6, 6.07) is 15.9. The fourth-order valence-electron chi connectivity index (χ4n) is 3.02. The van der Waals surface area contributed by atoms with E-state index in [1.807, 2.05) is 41.1 Å². The molecule has 5 rings (SSSR count). The molecule has 2 aromatic carbocycles. The van der Waals surface area contributed by atoms with Gasteiger partial charge >= 0.3 is 0 Å². The molecule has 10 heteroatoms. The van der Waals surface area contributed by atoms with E-state index in [4.69, 9.17) is 9.47 Å². The van der Waals surface area contributed by atoms with E-state index < -0.39 is 4.92 Å². The number of nitro benzene ring substituents is 1. The first-order valence-electron chi connectivity index (χ1n) is 9.15. The Hall–Kier alpha value is -3.76. The standard InChI is InChI=1S/C21H14N4O4S2/c26-25(27)16-5-2-1-4-15(16)23-21-24(17(12-31-21)20-6-3-9-30-20)22-11-14-7-8-18-19(10-14)29-13-28-18/h1-12H,13H2. The molecule has 1 aliphatic rings. The van der Waals surface area contributed by atoms with Gasteiger partial charge in [0.2, 0.25) is 11.6 Å². The minimum atomic E-state index is -0.438. The third-order valence-corrected chi connectivity index (χ3v) is 6.18. The lowest BCUT2D eigenvalue weighted by Crippen LogP contribution is -2.11. The zero-order valence-corrected chi connectivity index (χ0v) is 17.5. The van der Waals surface area contributed by atoms with Crippen molar-refractivity contribution in [2.24, 2.45) is 10.1 Å². The summed E-state index contributed by atoms with van der Waals surface area (Å²) in [5, 5.41) is 19.9. The van der Waals surface area contributed by atoms with Gasteiger partial charge in [-0.1, -0.05) is 18.2 Å². The second-order valence-electron chi connectivity index (χ2n) is 6.41. The van der Waals surface area contributed by atoms with Gasteiger partial charge in [-0.3, -0.25) is 10.1 Å². The molecule has 1 aliphatic heterocycles. The third-order valence-electron chi connectivity index (χ3n) is 4.47. The number of para-hydroxylation sites is 2. The maximum absolute atomic E-state index is 11.4. The fraction of sp³-hybridized carbons (Fsp3) is 0.0476. The molecule has 4 aromatic rings. The summed E-state index contributed by atoms with van der Waals surface area (Å²) in [5.74, 6) is 1.37. The highest BCUT2D eigenvalue weighted by Gasteiger charge is 2.15. The predicted molar refractivity (Wildman–Crippen MR) is 119 cm³/mol. The Labute approximate surface area is 184 Å². The van der Waals surface area contributed by atoms with Gasteiger partial charge < -0.3 is 9.47 Å². The summed E-state index contributed by atoms with van der Waals surface area (Å²) in [7, 11) is 0. The van der Waals surface area contributed by atoms with Gasteiger partial charge in [0.15, 0.2) is 11.5 Å². The molecule has 0 spiro atoms. The number of hydrogen-bond donors (Lipinski definition) is 0. The zero-order chi connectivity index (χ0) is 21.2. The number of benzene rings is 2. The highest BCUT2D eigenvalue weighted by atomic mass is 32.1. The smallest absolute Gasteiger partial charge is 0.294 e. The first-order valence-corrected chi connectivity index (χ1v) is 10.9. The van der Waals surface area contributed by atoms with E-state index >= 15 is 0 Å². The Balaban J connectivity index is 1.62. The zero-order valence-electron chi connectivity index (χ0n) is 15.9. The number of hydrogen-bond acceptors (Lipinski definition) is 8. The molecular weight excluding hydrogens is 436 g/mol. The van der Waals surface area contributed by atoms with E-state index in [1.165, 1.54) is 17.4 Å². The lowest BCUT2D eigenvalue weighted by molar-refractivity contribution is -0.384. The van der Waals surface area contributed by atoms with E-state index in [0.717, 1.165) is 16.1 Å². The molecule has 0 saturated carbocycles. The molecule has 0 unspecified atom stereocenters. The molecule has 2 aromatic heterocycles. The van der Waals surface area contributed by atoms with Crippen molar-refractivity contribution in [2.45, 2.75) is 0 Å². The van der Waals surface area contributed by atoms with Crippen LogP contribution < -0.4 is 14.3 Å². The van der Waals surface area contributed by atoms with Crippen LogP contribution in [0.3, 0.4) is 0 Å². The van der Waals surface area contributed by atoms with E-state index in [0.29, 0.717) is 16.3 Å². The quantitative estimate of drug-likeness (QED) is 0.242. The van der Waals surface area contributed by atoms with Crippen LogP contribution in [-0.4, -0.2) is 22.6 Å². The molecule has 0 amide bonds. The van der Waals surface area contributed by atoms with Gasteiger partial charge in [0.25, 0.3) is 5.69 Å². The summed E-state index contributed by atoms with van der Waals surface area (Å²) in [6.45, 7) is 0.205. The number of thiazole rings is 1. The van der Waals surface area contributed by atoms with Crippen LogP contribution in [0.25, 0.3) is 10.6 Å². The molecule has 3 heterocycles. The van der Waals surface area contributed by atoms with Crippen molar-refractivity contribution in [3.05, 3.63) is 85.8 Å². The molecule has 8 nitrogen and oxygen atoms in total. The summed E-state index contributed by atoms with van der Waals surface area (Å²) in [4.78, 5) is 17.0. The third kappa shape index (κ3) is 3.86. The Morgan fingerprint density at radius 2 is 1.94 bits per heavy atom. The number of thiophene rings is 1. The number of fused-ring (bicyclic) bond motifs is 1. The van der Waals surface area contributed by atoms with E-state index in [2.05, 4.69) is 10.1 Å². The lowest BCUT2D eigenvalue weighted by atomic mass is 10.2. The average molecular weight is 451 g/mol. The minimum absolute atomic E-state index is 0.0557. The van der Waals surface area contributed by atoms with Crippen molar-refractivity contribution in [2.75, 3.05) is 6.79 Å². The van der Waals surface area contributed by atoms with E-state index in [1.54, 1.807) is 40.4 Å². The number of ether oxygens (including phenoxy) is 2. The van der Waals surface area contributed by atoms with Crippen LogP contribution in [0.15, 0.2) is 75.5 Å². The molecular formula is C21H14N4O4S2. The van der Waals surface area contributed by atoms with Crippen molar-refractivity contribution in [1.29, 1.82) is 0 Å². The van der Waals surface area contributed by atoms with Gasteiger partial charge in [-0.15, -0.1) is 22.7 Å². The predicted octanol–water partition coefficient (Wildman–Crippen LogP) is 5.03. The normalized spacial score (nSPS) is 13.2. The van der Waals surface area contributed by atoms with E-state index in [9.17, 15) is 10.1 Å². The molecule has 0 atom stereocenters. The Morgan fingerprint density at radius 1 is 1.06 bits per heavy atom. The molecule has 0 aliphatic carbocycles. The van der Waals surface area contributed by atoms with Crippen molar-refractivity contribution < 1.29 is 14.4 Å². The van der Waals surface area contributed by atoms with Crippen LogP contribution in [0.2, 0.25) is 0 Å². The number of rotatable bonds is 5. The summed E-state index contributed by atoms with van der Waals surface area (Å²) in [5.41, 5.74) is 1.91. The second-order valence-corrected chi connectivity index (χ2v) is 8.19. The van der Waals surface area contributed by atoms with Gasteiger partial charge in [-0.25, -0.2) is 9.67 Å². The van der Waals surface area contributed by atoms with Crippen molar-refractivity contribution >= 4 is 40.3 Å². The first kappa shape index (κ1) is 19.2. The molecule has 0 bridgehead atoms. The van der Waals surface area contributed by atoms with Gasteiger partial charge in [-0.05, 0) is 41.3 Å². The lowest BCUT2D eigenvalue weighted by Gasteiger charge is -2.02. The van der Waals surface area contributed by atoms with Crippen LogP contribution >= 0.6 is 22.7 Å². The second kappa shape index (κ2) is 8.17. The van der Waals surface area contributed by atoms with Crippen molar-refractivity contribution in [1.82, 2.24) is 4.68 Å². The Bertz CT molecular complexity index is 1360. The molecule has 0 N–H and O–H groups in total. The van der Waals surface area contributed by atoms with E-state index in [-0.39, 0.29) is 18.2 Å². The van der Waals surface area contributed by atoms with Crippen molar-refractivity contribution in [3.8, 4) is 22.1 Å². The van der Waals surface area contributed by atoms with Gasteiger partial charge in [0, 0.05) is 11.4 Å². The molecule has 31 heavy (non-hydrogen) atoms. The Kier molecular flexibility index (Phi) is 5.06. The van der Waals surface area contributed by atoms with Gasteiger partial charge in [-0.2, -0.15) is 5.10 Å². The largest absolute Gasteiger partial charge is 0.454 e. The van der Waals surface area contributed by atoms with Crippen LogP contribution in [-0.2, 0) is 0 Å². The SMILES string of the molecule is O=[N+]([O-])c1ccccc1N=c1scc(-c2cccs2)n1N=Cc1ccc2c(c1)OCO2. The first-order chi connectivity index (χ1) is 15.2. The minimum Gasteiger partial charge on any atom is -0.454 e. The average Bonchev–Trinajstić information content (AvgIpc) is 3.53. The number of aromatic nitrogens is 1. The highest BCUT2D eigenvalue weighted by Crippen LogP contribution is 2.32. The summed E-state index contributed by atoms with van der Waals surface area (Å²) < 4.78 is 12.5. The monoisotopic (exact) mass is 450 g/mol. The fourth-order valence-corrected chi connectivity index (χ4v) is 4.66. The molecule has 0 fully saturated rings. The van der Waals surface area contributed by atoms with Crippen LogP contribution in [0.5, 0.6) is 11.5 Å². The molecule has 0 radical (unpaired) electrons. The maximum Gasteiger partial charge on any atom is 0.294 e. The van der Waals surface area contributed by atoms with Crippen LogP contribution in [0, 0.1) is 10.1 Å². The Morgan fingerprint density at radius 3 is 2.77 bits per heavy atom. The van der Waals surface area contributed by atoms with Crippen LogP contribution in [0.1, 0.15) is 5.56 Å². The summed E-state index contributed by atoms with van der Waals surface area (Å²) in [6.07, 6.45) is 1.70. The molecule has 0 saturated heterocycles. The summed E-state index contributed by atoms with van der Waals surface area (Å²) >= 11 is 2.95. The van der Waals surface area contributed by atoms with Gasteiger partial charge in [0.1, 0.15) is 5.69 Å². The number of nitro groups is 1. The number of nitrogens with zero attached hydrogens (tertiary/aromatic N) is 4.